The summed E-state index contributed by atoms with van der Waals surface area (Å²) in [5, 5.41) is 12.5. The summed E-state index contributed by atoms with van der Waals surface area (Å²) < 4.78 is 0. The fraction of sp³-hybridized carbons (Fsp3) is 0. The van der Waals surface area contributed by atoms with E-state index in [0.717, 1.165) is 44.8 Å². The lowest BCUT2D eigenvalue weighted by Gasteiger charge is -2.15. The molecule has 2 heteroatoms. The molecule has 0 aliphatic carbocycles. The van der Waals surface area contributed by atoms with Crippen molar-refractivity contribution >= 4 is 53.9 Å². The molecule has 288 valence electrons. The normalized spacial score (nSPS) is 11.5. The predicted molar refractivity (Wildman–Crippen MR) is 262 cm³/mol. The van der Waals surface area contributed by atoms with Gasteiger partial charge in [0, 0.05) is 16.7 Å². The molecular formula is C60H38N2. The average Bonchev–Trinajstić information content (AvgIpc) is 3.35. The number of nitrogens with zero attached hydrogens (tertiary/aromatic N) is 2. The van der Waals surface area contributed by atoms with Crippen molar-refractivity contribution < 1.29 is 0 Å². The van der Waals surface area contributed by atoms with E-state index in [1.165, 1.54) is 70.6 Å². The molecule has 1 aromatic heterocycles. The van der Waals surface area contributed by atoms with Crippen LogP contribution in [0.1, 0.15) is 0 Å². The van der Waals surface area contributed by atoms with Crippen molar-refractivity contribution in [1.29, 1.82) is 0 Å². The van der Waals surface area contributed by atoms with Crippen LogP contribution in [0.4, 0.5) is 0 Å². The van der Waals surface area contributed by atoms with Crippen LogP contribution in [-0.4, -0.2) is 9.97 Å². The van der Waals surface area contributed by atoms with Crippen molar-refractivity contribution in [3.05, 3.63) is 231 Å². The summed E-state index contributed by atoms with van der Waals surface area (Å²) in [6, 6.07) is 83.1. The standard InChI is InChI=1S/C60H38N2/c1-2-14-43(15-3-1)60-61-57(38-58(62-60)54-21-11-10-19-52(54)49-30-24-39-12-4-5-16-44(39)35-49)42-25-22-40(23-26-42)45-27-28-47-36-50(31-29-46(47)34-45)59-53-20-9-7-17-48(53)37-56-51-18-8-6-13-41(51)32-33-55(56)59/h1-38H. The maximum atomic E-state index is 5.20. The van der Waals surface area contributed by atoms with Crippen LogP contribution in [0.2, 0.25) is 0 Å². The second-order valence-electron chi connectivity index (χ2n) is 16.1. The third-order valence-corrected chi connectivity index (χ3v) is 12.4. The molecule has 1 heterocycles. The first-order chi connectivity index (χ1) is 30.7. The van der Waals surface area contributed by atoms with E-state index in [1.807, 2.05) is 18.2 Å². The van der Waals surface area contributed by atoms with Crippen LogP contribution in [-0.2, 0) is 0 Å². The van der Waals surface area contributed by atoms with Crippen molar-refractivity contribution in [3.8, 4) is 67.3 Å². The van der Waals surface area contributed by atoms with Gasteiger partial charge in [-0.2, -0.15) is 0 Å². The second-order valence-corrected chi connectivity index (χ2v) is 16.1. The maximum absolute atomic E-state index is 5.20. The van der Waals surface area contributed by atoms with Gasteiger partial charge in [-0.1, -0.05) is 200 Å². The summed E-state index contributed by atoms with van der Waals surface area (Å²) >= 11 is 0. The molecule has 0 unspecified atom stereocenters. The summed E-state index contributed by atoms with van der Waals surface area (Å²) in [7, 11) is 0. The minimum Gasteiger partial charge on any atom is -0.228 e. The van der Waals surface area contributed by atoms with Crippen LogP contribution < -0.4 is 0 Å². The van der Waals surface area contributed by atoms with E-state index in [0.29, 0.717) is 5.82 Å². The van der Waals surface area contributed by atoms with Crippen LogP contribution in [0.15, 0.2) is 231 Å². The molecule has 12 rings (SSSR count). The predicted octanol–water partition coefficient (Wildman–Crippen LogP) is 16.2. The molecule has 2 nitrogen and oxygen atoms in total. The lowest BCUT2D eigenvalue weighted by atomic mass is 9.89. The number of aromatic nitrogens is 2. The monoisotopic (exact) mass is 786 g/mol. The highest BCUT2D eigenvalue weighted by atomic mass is 14.9. The second kappa shape index (κ2) is 14.8. The molecule has 62 heavy (non-hydrogen) atoms. The molecule has 0 saturated heterocycles. The maximum Gasteiger partial charge on any atom is 0.160 e. The van der Waals surface area contributed by atoms with Gasteiger partial charge in [0.1, 0.15) is 0 Å². The molecule has 0 atom stereocenters. The van der Waals surface area contributed by atoms with E-state index in [4.69, 9.17) is 9.97 Å². The molecule has 0 aliphatic rings. The van der Waals surface area contributed by atoms with Crippen molar-refractivity contribution in [2.45, 2.75) is 0 Å². The van der Waals surface area contributed by atoms with Crippen molar-refractivity contribution in [2.75, 3.05) is 0 Å². The number of benzene rings is 11. The molecule has 0 fully saturated rings. The first kappa shape index (κ1) is 35.7. The quantitative estimate of drug-likeness (QED) is 0.124. The van der Waals surface area contributed by atoms with Crippen LogP contribution in [0.3, 0.4) is 0 Å². The molecule has 0 N–H and O–H groups in total. The van der Waals surface area contributed by atoms with Crippen LogP contribution in [0, 0.1) is 0 Å². The highest BCUT2D eigenvalue weighted by Gasteiger charge is 2.16. The Balaban J connectivity index is 0.911. The number of hydrogen-bond acceptors (Lipinski definition) is 2. The van der Waals surface area contributed by atoms with Crippen molar-refractivity contribution in [1.82, 2.24) is 9.97 Å². The summed E-state index contributed by atoms with van der Waals surface area (Å²) in [5.41, 5.74) is 12.0. The molecular weight excluding hydrogens is 749 g/mol. The Kier molecular flexibility index (Phi) is 8.53. The van der Waals surface area contributed by atoms with Gasteiger partial charge in [-0.3, -0.25) is 0 Å². The van der Waals surface area contributed by atoms with Gasteiger partial charge in [-0.05, 0) is 118 Å². The zero-order chi connectivity index (χ0) is 41.0. The van der Waals surface area contributed by atoms with E-state index in [1.54, 1.807) is 0 Å². The van der Waals surface area contributed by atoms with Crippen LogP contribution >= 0.6 is 0 Å². The SMILES string of the molecule is c1ccc(-c2nc(-c3ccc(-c4ccc5cc(-c6c7ccccc7cc7c6ccc6ccccc67)ccc5c4)cc3)cc(-c3ccccc3-c3ccc4ccccc4c3)n2)cc1. The average molecular weight is 787 g/mol. The first-order valence-corrected chi connectivity index (χ1v) is 21.2. The highest BCUT2D eigenvalue weighted by Crippen LogP contribution is 2.41. The Labute approximate surface area is 360 Å². The van der Waals surface area contributed by atoms with Crippen LogP contribution in [0.25, 0.3) is 121 Å². The summed E-state index contributed by atoms with van der Waals surface area (Å²) in [6.07, 6.45) is 0. The lowest BCUT2D eigenvalue weighted by molar-refractivity contribution is 1.18. The summed E-state index contributed by atoms with van der Waals surface area (Å²) in [5.74, 6) is 0.703. The van der Waals surface area contributed by atoms with E-state index < -0.39 is 0 Å². The first-order valence-electron chi connectivity index (χ1n) is 21.2. The fourth-order valence-electron chi connectivity index (χ4n) is 9.31. The van der Waals surface area contributed by atoms with E-state index >= 15 is 0 Å². The minimum atomic E-state index is 0.703. The molecule has 0 radical (unpaired) electrons. The van der Waals surface area contributed by atoms with Gasteiger partial charge in [-0.25, -0.2) is 9.97 Å². The minimum absolute atomic E-state index is 0.703. The largest absolute Gasteiger partial charge is 0.228 e. The van der Waals surface area contributed by atoms with E-state index in [9.17, 15) is 0 Å². The molecule has 11 aromatic carbocycles. The van der Waals surface area contributed by atoms with Gasteiger partial charge in [0.2, 0.25) is 0 Å². The van der Waals surface area contributed by atoms with Crippen LogP contribution in [0.5, 0.6) is 0 Å². The Morgan fingerprint density at radius 1 is 0.226 bits per heavy atom. The Hall–Kier alpha value is -8.20. The Morgan fingerprint density at radius 2 is 0.758 bits per heavy atom. The molecule has 0 spiro atoms. The number of rotatable bonds is 6. The van der Waals surface area contributed by atoms with Crippen molar-refractivity contribution in [3.63, 3.8) is 0 Å². The van der Waals surface area contributed by atoms with Gasteiger partial charge in [0.05, 0.1) is 11.4 Å². The smallest absolute Gasteiger partial charge is 0.160 e. The molecule has 0 aliphatic heterocycles. The van der Waals surface area contributed by atoms with E-state index in [-0.39, 0.29) is 0 Å². The zero-order valence-electron chi connectivity index (χ0n) is 33.8. The lowest BCUT2D eigenvalue weighted by Crippen LogP contribution is -1.97. The fourth-order valence-corrected chi connectivity index (χ4v) is 9.31. The van der Waals surface area contributed by atoms with Crippen molar-refractivity contribution in [2.24, 2.45) is 0 Å². The zero-order valence-corrected chi connectivity index (χ0v) is 33.8. The topological polar surface area (TPSA) is 25.8 Å². The highest BCUT2D eigenvalue weighted by molar-refractivity contribution is 6.20. The molecule has 0 amide bonds. The van der Waals surface area contributed by atoms with Gasteiger partial charge in [0.25, 0.3) is 0 Å². The summed E-state index contributed by atoms with van der Waals surface area (Å²) in [6.45, 7) is 0. The Bertz CT molecular complexity index is 3680. The Morgan fingerprint density at radius 3 is 1.58 bits per heavy atom. The molecule has 0 bridgehead atoms. The van der Waals surface area contributed by atoms with E-state index in [2.05, 4.69) is 212 Å². The molecule has 0 saturated carbocycles. The summed E-state index contributed by atoms with van der Waals surface area (Å²) in [4.78, 5) is 10.4. The third kappa shape index (κ3) is 6.29. The number of fused-ring (bicyclic) bond motifs is 6. The van der Waals surface area contributed by atoms with Gasteiger partial charge in [0.15, 0.2) is 5.82 Å². The van der Waals surface area contributed by atoms with Gasteiger partial charge >= 0.3 is 0 Å². The van der Waals surface area contributed by atoms with Gasteiger partial charge < -0.3 is 0 Å². The number of hydrogen-bond donors (Lipinski definition) is 0. The molecule has 12 aromatic rings. The van der Waals surface area contributed by atoms with Gasteiger partial charge in [-0.15, -0.1) is 0 Å². The third-order valence-electron chi connectivity index (χ3n) is 12.4.